The molecule has 0 radical (unpaired) electrons. The molecular formula is C13H11IN2O2. The molecule has 0 saturated carbocycles. The minimum Gasteiger partial charge on any atom is -0.494 e. The SMILES string of the molecule is COc1cnccc1C(=O)Nc1ccccc1I. The van der Waals surface area contributed by atoms with Gasteiger partial charge in [-0.05, 0) is 40.8 Å². The van der Waals surface area contributed by atoms with Crippen LogP contribution in [0.3, 0.4) is 0 Å². The molecule has 0 unspecified atom stereocenters. The van der Waals surface area contributed by atoms with Crippen molar-refractivity contribution in [1.82, 2.24) is 4.98 Å². The summed E-state index contributed by atoms with van der Waals surface area (Å²) >= 11 is 2.17. The number of carbonyl (C=O) groups excluding carboxylic acids is 1. The van der Waals surface area contributed by atoms with Crippen molar-refractivity contribution in [3.8, 4) is 5.75 Å². The van der Waals surface area contributed by atoms with Crippen LogP contribution in [0.25, 0.3) is 0 Å². The molecule has 1 N–H and O–H groups in total. The maximum Gasteiger partial charge on any atom is 0.259 e. The van der Waals surface area contributed by atoms with E-state index in [1.165, 1.54) is 13.3 Å². The van der Waals surface area contributed by atoms with E-state index in [-0.39, 0.29) is 5.91 Å². The van der Waals surface area contributed by atoms with E-state index in [0.717, 1.165) is 9.26 Å². The number of pyridine rings is 1. The highest BCUT2D eigenvalue weighted by molar-refractivity contribution is 14.1. The Bertz CT molecular complexity index is 572. The topological polar surface area (TPSA) is 51.2 Å². The lowest BCUT2D eigenvalue weighted by Crippen LogP contribution is -2.14. The fourth-order valence-electron chi connectivity index (χ4n) is 1.48. The number of anilines is 1. The normalized spacial score (nSPS) is 9.89. The Morgan fingerprint density at radius 1 is 1.33 bits per heavy atom. The average Bonchev–Trinajstić information content (AvgIpc) is 2.41. The van der Waals surface area contributed by atoms with Crippen molar-refractivity contribution < 1.29 is 9.53 Å². The fraction of sp³-hybridized carbons (Fsp3) is 0.0769. The zero-order valence-corrected chi connectivity index (χ0v) is 11.8. The molecule has 2 aromatic rings. The lowest BCUT2D eigenvalue weighted by Gasteiger charge is -2.09. The number of hydrogen-bond donors (Lipinski definition) is 1. The summed E-state index contributed by atoms with van der Waals surface area (Å²) in [6.45, 7) is 0. The zero-order chi connectivity index (χ0) is 13.0. The van der Waals surface area contributed by atoms with Gasteiger partial charge in [-0.25, -0.2) is 0 Å². The first kappa shape index (κ1) is 12.8. The van der Waals surface area contributed by atoms with Crippen molar-refractivity contribution in [3.05, 3.63) is 51.9 Å². The molecule has 0 saturated heterocycles. The van der Waals surface area contributed by atoms with E-state index in [1.54, 1.807) is 12.3 Å². The highest BCUT2D eigenvalue weighted by atomic mass is 127. The Kier molecular flexibility index (Phi) is 4.14. The first-order valence-corrected chi connectivity index (χ1v) is 6.34. The van der Waals surface area contributed by atoms with Crippen molar-refractivity contribution in [2.24, 2.45) is 0 Å². The molecule has 2 rings (SSSR count). The highest BCUT2D eigenvalue weighted by Gasteiger charge is 2.12. The van der Waals surface area contributed by atoms with E-state index in [9.17, 15) is 4.79 Å². The molecule has 0 spiro atoms. The molecular weight excluding hydrogens is 343 g/mol. The van der Waals surface area contributed by atoms with Gasteiger partial charge in [0.1, 0.15) is 5.75 Å². The Labute approximate surface area is 119 Å². The molecule has 5 heteroatoms. The van der Waals surface area contributed by atoms with Crippen molar-refractivity contribution in [3.63, 3.8) is 0 Å². The second-order valence-electron chi connectivity index (χ2n) is 3.51. The van der Waals surface area contributed by atoms with E-state index in [0.29, 0.717) is 11.3 Å². The molecule has 4 nitrogen and oxygen atoms in total. The quantitative estimate of drug-likeness (QED) is 0.863. The first-order chi connectivity index (χ1) is 8.72. The summed E-state index contributed by atoms with van der Waals surface area (Å²) in [5.74, 6) is 0.249. The number of nitrogens with one attached hydrogen (secondary N) is 1. The average molecular weight is 354 g/mol. The minimum absolute atomic E-state index is 0.210. The van der Waals surface area contributed by atoms with Crippen LogP contribution >= 0.6 is 22.6 Å². The number of para-hydroxylation sites is 1. The molecule has 1 heterocycles. The van der Waals surface area contributed by atoms with Gasteiger partial charge in [0.25, 0.3) is 5.91 Å². The predicted octanol–water partition coefficient (Wildman–Crippen LogP) is 2.95. The van der Waals surface area contributed by atoms with Crippen LogP contribution in [-0.4, -0.2) is 18.0 Å². The summed E-state index contributed by atoms with van der Waals surface area (Å²) in [7, 11) is 1.51. The van der Waals surface area contributed by atoms with Crippen LogP contribution < -0.4 is 10.1 Å². The highest BCUT2D eigenvalue weighted by Crippen LogP contribution is 2.21. The second-order valence-corrected chi connectivity index (χ2v) is 4.67. The van der Waals surface area contributed by atoms with Crippen LogP contribution in [0.5, 0.6) is 5.75 Å². The summed E-state index contributed by atoms with van der Waals surface area (Å²) in [4.78, 5) is 16.0. The first-order valence-electron chi connectivity index (χ1n) is 5.26. The summed E-state index contributed by atoms with van der Waals surface area (Å²) in [5.41, 5.74) is 1.24. The number of ether oxygens (including phenoxy) is 1. The van der Waals surface area contributed by atoms with Crippen LogP contribution in [0, 0.1) is 3.57 Å². The van der Waals surface area contributed by atoms with Crippen LogP contribution in [0.15, 0.2) is 42.7 Å². The fourth-order valence-corrected chi connectivity index (χ4v) is 2.00. The summed E-state index contributed by atoms with van der Waals surface area (Å²) in [6, 6.07) is 9.21. The monoisotopic (exact) mass is 354 g/mol. The summed E-state index contributed by atoms with van der Waals surface area (Å²) in [6.07, 6.45) is 3.08. The van der Waals surface area contributed by atoms with E-state index < -0.39 is 0 Å². The number of nitrogens with zero attached hydrogens (tertiary/aromatic N) is 1. The van der Waals surface area contributed by atoms with Crippen molar-refractivity contribution in [2.75, 3.05) is 12.4 Å². The van der Waals surface area contributed by atoms with Crippen LogP contribution in [0.1, 0.15) is 10.4 Å². The maximum absolute atomic E-state index is 12.1. The Hall–Kier alpha value is -1.63. The van der Waals surface area contributed by atoms with Gasteiger partial charge in [-0.2, -0.15) is 0 Å². The molecule has 0 aliphatic carbocycles. The number of hydrogen-bond acceptors (Lipinski definition) is 3. The third-order valence-electron chi connectivity index (χ3n) is 2.37. The van der Waals surface area contributed by atoms with Gasteiger partial charge in [-0.15, -0.1) is 0 Å². The zero-order valence-electron chi connectivity index (χ0n) is 9.68. The van der Waals surface area contributed by atoms with E-state index in [4.69, 9.17) is 4.74 Å². The van der Waals surface area contributed by atoms with Crippen molar-refractivity contribution >= 4 is 34.2 Å². The number of amides is 1. The molecule has 1 aromatic heterocycles. The standard InChI is InChI=1S/C13H11IN2O2/c1-18-12-8-15-7-6-9(12)13(17)16-11-5-3-2-4-10(11)14/h2-8H,1H3,(H,16,17). The molecule has 0 atom stereocenters. The van der Waals surface area contributed by atoms with Gasteiger partial charge >= 0.3 is 0 Å². The van der Waals surface area contributed by atoms with E-state index in [1.807, 2.05) is 24.3 Å². The van der Waals surface area contributed by atoms with Gasteiger partial charge in [-0.1, -0.05) is 12.1 Å². The minimum atomic E-state index is -0.210. The number of aromatic nitrogens is 1. The Morgan fingerprint density at radius 3 is 2.83 bits per heavy atom. The number of methoxy groups -OCH3 is 1. The maximum atomic E-state index is 12.1. The number of benzene rings is 1. The molecule has 0 aliphatic heterocycles. The Balaban J connectivity index is 2.25. The molecule has 0 bridgehead atoms. The van der Waals surface area contributed by atoms with E-state index in [2.05, 4.69) is 32.9 Å². The van der Waals surface area contributed by atoms with Gasteiger partial charge in [0, 0.05) is 9.77 Å². The summed E-state index contributed by atoms with van der Waals surface area (Å²) in [5, 5.41) is 2.85. The third-order valence-corrected chi connectivity index (χ3v) is 3.31. The molecule has 1 amide bonds. The van der Waals surface area contributed by atoms with Gasteiger partial charge in [-0.3, -0.25) is 9.78 Å². The van der Waals surface area contributed by atoms with Crippen LogP contribution in [0.4, 0.5) is 5.69 Å². The van der Waals surface area contributed by atoms with Crippen molar-refractivity contribution in [1.29, 1.82) is 0 Å². The number of halogens is 1. The smallest absolute Gasteiger partial charge is 0.259 e. The van der Waals surface area contributed by atoms with Gasteiger partial charge < -0.3 is 10.1 Å². The third kappa shape index (κ3) is 2.79. The van der Waals surface area contributed by atoms with Gasteiger partial charge in [0.15, 0.2) is 0 Å². The van der Waals surface area contributed by atoms with E-state index >= 15 is 0 Å². The second kappa shape index (κ2) is 5.81. The van der Waals surface area contributed by atoms with Crippen LogP contribution in [-0.2, 0) is 0 Å². The number of carbonyl (C=O) groups is 1. The van der Waals surface area contributed by atoms with Crippen molar-refractivity contribution in [2.45, 2.75) is 0 Å². The predicted molar refractivity (Wildman–Crippen MR) is 77.9 cm³/mol. The van der Waals surface area contributed by atoms with Gasteiger partial charge in [0.05, 0.1) is 24.6 Å². The molecule has 18 heavy (non-hydrogen) atoms. The lowest BCUT2D eigenvalue weighted by molar-refractivity contribution is 0.102. The largest absolute Gasteiger partial charge is 0.494 e. The Morgan fingerprint density at radius 2 is 2.11 bits per heavy atom. The lowest BCUT2D eigenvalue weighted by atomic mass is 10.2. The van der Waals surface area contributed by atoms with Gasteiger partial charge in [0.2, 0.25) is 0 Å². The molecule has 1 aromatic carbocycles. The van der Waals surface area contributed by atoms with Crippen LogP contribution in [0.2, 0.25) is 0 Å². The molecule has 0 fully saturated rings. The number of rotatable bonds is 3. The summed E-state index contributed by atoms with van der Waals surface area (Å²) < 4.78 is 6.09. The molecule has 92 valence electrons. The molecule has 0 aliphatic rings.